The van der Waals surface area contributed by atoms with Crippen molar-refractivity contribution in [3.8, 4) is 5.75 Å². The molecule has 0 amide bonds. The van der Waals surface area contributed by atoms with Crippen LogP contribution < -0.4 is 20.9 Å². The van der Waals surface area contributed by atoms with E-state index in [4.69, 9.17) is 21.3 Å². The van der Waals surface area contributed by atoms with Crippen molar-refractivity contribution in [3.63, 3.8) is 0 Å². The van der Waals surface area contributed by atoms with Crippen LogP contribution >= 0.6 is 0 Å². The molecule has 3 aromatic carbocycles. The molecular formula is C27H29N5O8S. The fourth-order valence-corrected chi connectivity index (χ4v) is 4.77. The van der Waals surface area contributed by atoms with E-state index in [9.17, 15) is 27.9 Å². The minimum atomic E-state index is -4.19. The fourth-order valence-electron chi connectivity index (χ4n) is 3.68. The van der Waals surface area contributed by atoms with Crippen molar-refractivity contribution in [3.05, 3.63) is 95.1 Å². The zero-order chi connectivity index (χ0) is 30.2. The van der Waals surface area contributed by atoms with E-state index in [0.29, 0.717) is 16.8 Å². The van der Waals surface area contributed by atoms with Crippen LogP contribution in [0, 0.1) is 0 Å². The van der Waals surface area contributed by atoms with Gasteiger partial charge in [0.25, 0.3) is 10.2 Å². The number of carbonyl (C=O) groups excluding carboxylic acids is 1. The van der Waals surface area contributed by atoms with Crippen LogP contribution in [0.4, 0.5) is 5.69 Å². The number of esters is 1. The van der Waals surface area contributed by atoms with Gasteiger partial charge in [-0.25, -0.2) is 14.6 Å². The molecule has 0 saturated carbocycles. The van der Waals surface area contributed by atoms with Crippen LogP contribution in [0.2, 0.25) is 0 Å². The number of nitrogens with one attached hydrogen (secondary N) is 1. The molecule has 0 aromatic heterocycles. The molecule has 1 atom stereocenters. The average Bonchev–Trinajstić information content (AvgIpc) is 2.93. The van der Waals surface area contributed by atoms with Gasteiger partial charge in [0.2, 0.25) is 0 Å². The first kappa shape index (κ1) is 30.7. The molecule has 0 saturated heterocycles. The number of carboxylic acid groups (broad SMARTS) is 2. The lowest BCUT2D eigenvalue weighted by Gasteiger charge is -2.24. The molecule has 3 rings (SSSR count). The number of hydrogen-bond donors (Lipinski definition) is 5. The SMILES string of the molecule is CN([C@@H](CCc1ccc(C(=O)O)cc1)C(=O)O)S(=O)(=O)NCc1ccc(OC(=O)c2ccc(N=C(N)N)cc2)cc1. The highest BCUT2D eigenvalue weighted by atomic mass is 32.2. The molecule has 0 aliphatic heterocycles. The average molecular weight is 584 g/mol. The van der Waals surface area contributed by atoms with Gasteiger partial charge in [0.15, 0.2) is 5.96 Å². The number of ether oxygens (including phenoxy) is 1. The number of guanidine groups is 1. The molecule has 7 N–H and O–H groups in total. The van der Waals surface area contributed by atoms with Gasteiger partial charge in [0.05, 0.1) is 16.8 Å². The predicted molar refractivity (Wildman–Crippen MR) is 150 cm³/mol. The molecule has 0 spiro atoms. The van der Waals surface area contributed by atoms with Gasteiger partial charge in [-0.2, -0.15) is 17.4 Å². The van der Waals surface area contributed by atoms with Gasteiger partial charge < -0.3 is 26.4 Å². The van der Waals surface area contributed by atoms with Crippen molar-refractivity contribution >= 4 is 39.8 Å². The second kappa shape index (κ2) is 13.5. The number of rotatable bonds is 13. The number of carbonyl (C=O) groups is 3. The Morgan fingerprint density at radius 1 is 0.902 bits per heavy atom. The summed E-state index contributed by atoms with van der Waals surface area (Å²) < 4.78 is 34.1. The highest BCUT2D eigenvalue weighted by Gasteiger charge is 2.31. The van der Waals surface area contributed by atoms with E-state index in [0.717, 1.165) is 4.31 Å². The zero-order valence-corrected chi connectivity index (χ0v) is 22.7. The van der Waals surface area contributed by atoms with Crippen LogP contribution in [0.1, 0.15) is 38.3 Å². The Kier molecular flexibility index (Phi) is 10.1. The highest BCUT2D eigenvalue weighted by Crippen LogP contribution is 2.18. The summed E-state index contributed by atoms with van der Waals surface area (Å²) in [5, 5.41) is 18.6. The van der Waals surface area contributed by atoms with Crippen molar-refractivity contribution in [2.45, 2.75) is 25.4 Å². The van der Waals surface area contributed by atoms with Crippen molar-refractivity contribution in [1.29, 1.82) is 0 Å². The number of aliphatic imine (C=N–C) groups is 1. The molecule has 0 heterocycles. The van der Waals surface area contributed by atoms with E-state index in [-0.39, 0.29) is 42.2 Å². The van der Waals surface area contributed by atoms with Gasteiger partial charge in [-0.3, -0.25) is 4.79 Å². The number of benzene rings is 3. The second-order valence-corrected chi connectivity index (χ2v) is 10.7. The molecule has 216 valence electrons. The number of aromatic carboxylic acids is 1. The van der Waals surface area contributed by atoms with E-state index in [1.165, 1.54) is 43.4 Å². The largest absolute Gasteiger partial charge is 0.480 e. The third-order valence-electron chi connectivity index (χ3n) is 5.96. The maximum atomic E-state index is 12.8. The van der Waals surface area contributed by atoms with Gasteiger partial charge in [0.1, 0.15) is 11.8 Å². The monoisotopic (exact) mass is 583 g/mol. The Bertz CT molecular complexity index is 1520. The lowest BCUT2D eigenvalue weighted by atomic mass is 10.0. The number of aryl methyl sites for hydroxylation is 1. The molecule has 0 fully saturated rings. The summed E-state index contributed by atoms with van der Waals surface area (Å²) in [7, 11) is -3.02. The smallest absolute Gasteiger partial charge is 0.343 e. The van der Waals surface area contributed by atoms with E-state index >= 15 is 0 Å². The number of likely N-dealkylation sites (N-methyl/N-ethyl adjacent to an activating group) is 1. The third-order valence-corrected chi connectivity index (χ3v) is 7.49. The van der Waals surface area contributed by atoms with Crippen molar-refractivity contribution in [2.24, 2.45) is 16.5 Å². The van der Waals surface area contributed by atoms with Gasteiger partial charge in [0, 0.05) is 13.6 Å². The third kappa shape index (κ3) is 8.86. The van der Waals surface area contributed by atoms with Gasteiger partial charge in [-0.1, -0.05) is 24.3 Å². The number of nitrogens with zero attached hydrogens (tertiary/aromatic N) is 2. The number of aliphatic carboxylic acids is 1. The Labute approximate surface area is 236 Å². The summed E-state index contributed by atoms with van der Waals surface area (Å²) in [5.74, 6) is -2.90. The van der Waals surface area contributed by atoms with Gasteiger partial charge >= 0.3 is 17.9 Å². The molecular weight excluding hydrogens is 554 g/mol. The van der Waals surface area contributed by atoms with Crippen LogP contribution in [-0.4, -0.2) is 59.9 Å². The highest BCUT2D eigenvalue weighted by molar-refractivity contribution is 7.87. The first-order chi connectivity index (χ1) is 19.4. The fraction of sp³-hybridized carbons (Fsp3) is 0.185. The summed E-state index contributed by atoms with van der Waals surface area (Å²) in [6.07, 6.45) is 0.188. The minimum Gasteiger partial charge on any atom is -0.480 e. The van der Waals surface area contributed by atoms with Crippen LogP contribution in [0.15, 0.2) is 77.8 Å². The lowest BCUT2D eigenvalue weighted by molar-refractivity contribution is -0.141. The quantitative estimate of drug-likeness (QED) is 0.0852. The van der Waals surface area contributed by atoms with E-state index in [2.05, 4.69) is 9.71 Å². The number of hydrogen-bond acceptors (Lipinski definition) is 7. The maximum absolute atomic E-state index is 12.8. The van der Waals surface area contributed by atoms with E-state index < -0.39 is 34.2 Å². The summed E-state index contributed by atoms with van der Waals surface area (Å²) in [6.45, 7) is -0.143. The minimum absolute atomic E-state index is 0.0315. The molecule has 14 heteroatoms. The number of nitrogens with two attached hydrogens (primary N) is 2. The zero-order valence-electron chi connectivity index (χ0n) is 21.9. The number of carboxylic acids is 2. The van der Waals surface area contributed by atoms with Gasteiger partial charge in [-0.15, -0.1) is 0 Å². The molecule has 0 radical (unpaired) electrons. The van der Waals surface area contributed by atoms with Crippen LogP contribution in [0.5, 0.6) is 5.75 Å². The molecule has 0 aliphatic carbocycles. The van der Waals surface area contributed by atoms with Crippen LogP contribution in [-0.2, 0) is 28.0 Å². The standard InChI is InChI=1S/C27H29N5O8S/c1-32(23(25(35)36)15-6-17-2-7-19(8-3-17)24(33)34)41(38,39)30-16-18-4-13-22(14-5-18)40-26(37)20-9-11-21(12-10-20)31-27(28)29/h2-5,7-14,23,30H,6,15-16H2,1H3,(H,33,34)(H,35,36)(H4,28,29,31)/t23-/m0/s1. The topological polar surface area (TPSA) is 215 Å². The van der Waals surface area contributed by atoms with Crippen molar-refractivity contribution < 1.29 is 37.8 Å². The first-order valence-electron chi connectivity index (χ1n) is 12.1. The summed E-state index contributed by atoms with van der Waals surface area (Å²) in [5.41, 5.74) is 12.7. The Balaban J connectivity index is 1.56. The molecule has 0 unspecified atom stereocenters. The first-order valence-corrected chi connectivity index (χ1v) is 13.6. The van der Waals surface area contributed by atoms with Crippen molar-refractivity contribution in [2.75, 3.05) is 7.05 Å². The van der Waals surface area contributed by atoms with Crippen LogP contribution in [0.25, 0.3) is 0 Å². The molecule has 13 nitrogen and oxygen atoms in total. The lowest BCUT2D eigenvalue weighted by Crippen LogP contribution is -2.47. The van der Waals surface area contributed by atoms with E-state index in [1.807, 2.05) is 0 Å². The Hall–Kier alpha value is -4.79. The normalized spacial score (nSPS) is 12.0. The molecule has 0 aliphatic rings. The van der Waals surface area contributed by atoms with E-state index in [1.54, 1.807) is 36.4 Å². The summed E-state index contributed by atoms with van der Waals surface area (Å²) in [4.78, 5) is 39.1. The maximum Gasteiger partial charge on any atom is 0.343 e. The van der Waals surface area contributed by atoms with Crippen LogP contribution in [0.3, 0.4) is 0 Å². The molecule has 0 bridgehead atoms. The summed E-state index contributed by atoms with van der Waals surface area (Å²) >= 11 is 0. The Morgan fingerprint density at radius 3 is 2.00 bits per heavy atom. The summed E-state index contributed by atoms with van der Waals surface area (Å²) in [6, 6.07) is 16.8. The Morgan fingerprint density at radius 2 is 1.46 bits per heavy atom. The predicted octanol–water partition coefficient (Wildman–Crippen LogP) is 1.86. The van der Waals surface area contributed by atoms with Gasteiger partial charge in [-0.05, 0) is 72.5 Å². The second-order valence-electron chi connectivity index (χ2n) is 8.85. The molecule has 41 heavy (non-hydrogen) atoms. The molecule has 3 aromatic rings. The van der Waals surface area contributed by atoms with Crippen molar-refractivity contribution in [1.82, 2.24) is 9.03 Å².